The van der Waals surface area contributed by atoms with Crippen molar-refractivity contribution < 1.29 is 0 Å². The molecule has 1 aliphatic carbocycles. The Kier molecular flexibility index (Phi) is 14.7. The van der Waals surface area contributed by atoms with E-state index in [1.54, 1.807) is 5.20 Å². The second kappa shape index (κ2) is 21.8. The van der Waals surface area contributed by atoms with Gasteiger partial charge in [0.1, 0.15) is 0 Å². The van der Waals surface area contributed by atoms with E-state index in [0.29, 0.717) is 0 Å². The van der Waals surface area contributed by atoms with Crippen molar-refractivity contribution in [2.45, 2.75) is 87.0 Å². The van der Waals surface area contributed by atoms with Crippen molar-refractivity contribution in [2.75, 3.05) is 0 Å². The molecule has 0 N–H and O–H groups in total. The van der Waals surface area contributed by atoms with E-state index >= 15 is 0 Å². The number of hydrogen-bond acceptors (Lipinski definition) is 0. The average Bonchev–Trinajstić information content (AvgIpc) is 3.61. The molecule has 0 saturated heterocycles. The highest BCUT2D eigenvalue weighted by Gasteiger charge is 2.51. The minimum Gasteiger partial charge on any atom is -0.0636 e. The molecule has 10 rings (SSSR count). The fraction of sp³-hybridized carbons (Fsp3) is 0.194. The molecule has 0 nitrogen and oxygen atoms in total. The van der Waals surface area contributed by atoms with Gasteiger partial charge in [0.2, 0.25) is 0 Å². The maximum Gasteiger partial charge on any atom is 0.177 e. The SMILES string of the molecule is CC1=C(C)C(C)C([Si](c2ccc(Cc3ccccc3)c(Cc3ccccc3)c2C)(c2ccc(Cc3ccccc3)c(Cc3ccccc3)c2C)c2ccc(Cc3ccccc3)c(Cc3ccccc3)c2C)=C1C. The van der Waals surface area contributed by atoms with Crippen LogP contribution in [0.15, 0.2) is 240 Å². The molecule has 1 atom stereocenters. The molecule has 9 aromatic carbocycles. The molecule has 1 unspecified atom stereocenters. The van der Waals surface area contributed by atoms with Gasteiger partial charge in [-0.25, -0.2) is 0 Å². The Labute approximate surface area is 437 Å². The second-order valence-electron chi connectivity index (χ2n) is 20.9. The van der Waals surface area contributed by atoms with Gasteiger partial charge in [0.25, 0.3) is 0 Å². The molecule has 362 valence electrons. The highest BCUT2D eigenvalue weighted by atomic mass is 28.3. The summed E-state index contributed by atoms with van der Waals surface area (Å²) in [5.74, 6) is 0.259. The minimum atomic E-state index is -3.29. The Morgan fingerprint density at radius 2 is 0.534 bits per heavy atom. The van der Waals surface area contributed by atoms with Crippen LogP contribution < -0.4 is 15.6 Å². The molecule has 9 aromatic rings. The molecule has 1 aliphatic rings. The molecule has 0 fully saturated rings. The summed E-state index contributed by atoms with van der Waals surface area (Å²) in [5.41, 5.74) is 25.4. The highest BCUT2D eigenvalue weighted by molar-refractivity contribution is 7.17. The summed E-state index contributed by atoms with van der Waals surface area (Å²) in [6.45, 7) is 17.3. The van der Waals surface area contributed by atoms with Gasteiger partial charge in [-0.15, -0.1) is 0 Å². The molecule has 0 saturated carbocycles. The van der Waals surface area contributed by atoms with Gasteiger partial charge in [0, 0.05) is 0 Å². The third kappa shape index (κ3) is 9.97. The van der Waals surface area contributed by atoms with E-state index in [0.717, 1.165) is 38.5 Å². The van der Waals surface area contributed by atoms with Crippen molar-refractivity contribution in [3.05, 3.63) is 324 Å². The molecule has 0 aliphatic heterocycles. The van der Waals surface area contributed by atoms with Crippen LogP contribution in [-0.2, 0) is 38.5 Å². The number of hydrogen-bond donors (Lipinski definition) is 0. The van der Waals surface area contributed by atoms with Gasteiger partial charge in [-0.3, -0.25) is 0 Å². The van der Waals surface area contributed by atoms with E-state index in [4.69, 9.17) is 0 Å². The molecule has 0 heterocycles. The van der Waals surface area contributed by atoms with E-state index in [2.05, 4.69) is 267 Å². The van der Waals surface area contributed by atoms with Crippen molar-refractivity contribution in [1.82, 2.24) is 0 Å². The first-order valence-electron chi connectivity index (χ1n) is 26.6. The number of rotatable bonds is 16. The lowest BCUT2D eigenvalue weighted by Crippen LogP contribution is -2.71. The smallest absolute Gasteiger partial charge is 0.0636 e. The van der Waals surface area contributed by atoms with Crippen LogP contribution in [0.4, 0.5) is 0 Å². The first-order valence-corrected chi connectivity index (χ1v) is 28.6. The Balaban J connectivity index is 1.34. The Bertz CT molecular complexity index is 3090. The predicted molar refractivity (Wildman–Crippen MR) is 314 cm³/mol. The first kappa shape index (κ1) is 49.3. The molecular weight excluding hydrogens is 893 g/mol. The molecule has 0 amide bonds. The maximum absolute atomic E-state index is 3.29. The zero-order valence-corrected chi connectivity index (χ0v) is 45.1. The van der Waals surface area contributed by atoms with Gasteiger partial charge in [0.05, 0.1) is 0 Å². The van der Waals surface area contributed by atoms with E-state index < -0.39 is 8.07 Å². The van der Waals surface area contributed by atoms with Crippen LogP contribution in [0.3, 0.4) is 0 Å². The monoisotopic (exact) mass is 963 g/mol. The quantitative estimate of drug-likeness (QED) is 0.0669. The Morgan fingerprint density at radius 3 is 0.767 bits per heavy atom. The fourth-order valence-corrected chi connectivity index (χ4v) is 19.1. The molecule has 1 heteroatoms. The molecule has 0 radical (unpaired) electrons. The van der Waals surface area contributed by atoms with E-state index in [9.17, 15) is 0 Å². The average molecular weight is 963 g/mol. The van der Waals surface area contributed by atoms with Crippen LogP contribution in [0, 0.1) is 26.7 Å². The van der Waals surface area contributed by atoms with Gasteiger partial charge in [-0.05, 0) is 191 Å². The van der Waals surface area contributed by atoms with Crippen LogP contribution in [-0.4, -0.2) is 8.07 Å². The molecule has 0 spiro atoms. The van der Waals surface area contributed by atoms with Crippen LogP contribution >= 0.6 is 0 Å². The summed E-state index contributed by atoms with van der Waals surface area (Å²) in [7, 11) is -3.29. The summed E-state index contributed by atoms with van der Waals surface area (Å²) in [5, 5.41) is 6.20. The van der Waals surface area contributed by atoms with Gasteiger partial charge in [-0.1, -0.05) is 242 Å². The maximum atomic E-state index is 2.63. The van der Waals surface area contributed by atoms with Crippen molar-refractivity contribution >= 4 is 23.6 Å². The summed E-state index contributed by atoms with van der Waals surface area (Å²) in [6.07, 6.45) is 5.29. The van der Waals surface area contributed by atoms with E-state index in [1.165, 1.54) is 116 Å². The number of benzene rings is 9. The lowest BCUT2D eigenvalue weighted by Gasteiger charge is -2.43. The normalized spacial score (nSPS) is 13.8. The van der Waals surface area contributed by atoms with Crippen LogP contribution in [0.2, 0.25) is 0 Å². The van der Waals surface area contributed by atoms with E-state index in [-0.39, 0.29) is 5.92 Å². The van der Waals surface area contributed by atoms with Gasteiger partial charge >= 0.3 is 0 Å². The Hall–Kier alpha value is -7.32. The zero-order chi connectivity index (χ0) is 50.5. The first-order chi connectivity index (χ1) is 35.6. The summed E-state index contributed by atoms with van der Waals surface area (Å²) in [6, 6.07) is 82.5. The second-order valence-corrected chi connectivity index (χ2v) is 24.6. The summed E-state index contributed by atoms with van der Waals surface area (Å²) < 4.78 is 0. The largest absolute Gasteiger partial charge is 0.177 e. The molecule has 0 bridgehead atoms. The van der Waals surface area contributed by atoms with Crippen LogP contribution in [0.25, 0.3) is 0 Å². The van der Waals surface area contributed by atoms with Crippen LogP contribution in [0.1, 0.15) is 111 Å². The van der Waals surface area contributed by atoms with Crippen molar-refractivity contribution in [3.63, 3.8) is 0 Å². The van der Waals surface area contributed by atoms with Gasteiger partial charge in [-0.2, -0.15) is 0 Å². The highest BCUT2D eigenvalue weighted by Crippen LogP contribution is 2.43. The molecular formula is C72H70Si. The lowest BCUT2D eigenvalue weighted by atomic mass is 9.91. The third-order valence-corrected chi connectivity index (χ3v) is 22.4. The number of allylic oxidation sites excluding steroid dienone is 4. The topological polar surface area (TPSA) is 0 Å². The summed E-state index contributed by atoms with van der Waals surface area (Å²) in [4.78, 5) is 0. The minimum absolute atomic E-state index is 0.259. The third-order valence-electron chi connectivity index (χ3n) is 16.7. The molecule has 0 aromatic heterocycles. The van der Waals surface area contributed by atoms with Gasteiger partial charge < -0.3 is 0 Å². The fourth-order valence-electron chi connectivity index (χ4n) is 12.6. The van der Waals surface area contributed by atoms with Crippen molar-refractivity contribution in [1.29, 1.82) is 0 Å². The Morgan fingerprint density at radius 1 is 0.288 bits per heavy atom. The van der Waals surface area contributed by atoms with E-state index in [1.807, 2.05) is 0 Å². The predicted octanol–water partition coefficient (Wildman–Crippen LogP) is 15.5. The van der Waals surface area contributed by atoms with Crippen LogP contribution in [0.5, 0.6) is 0 Å². The molecule has 73 heavy (non-hydrogen) atoms. The lowest BCUT2D eigenvalue weighted by molar-refractivity contribution is 0.851. The van der Waals surface area contributed by atoms with Crippen molar-refractivity contribution in [2.24, 2.45) is 5.92 Å². The standard InChI is InChI=1S/C72H70Si/c1-50-51(2)53(4)72(52(50)3)73(69-41-38-63(44-57-26-14-8-15-27-57)66(54(69)5)47-60-32-20-11-21-33-60,70-42-39-64(45-58-28-16-9-17-29-58)67(55(70)6)48-61-34-22-12-23-35-61)71-43-40-65(46-59-30-18-10-19-31-59)68(56(71)7)49-62-36-24-13-25-37-62/h8-43,52H,44-49H2,1-7H3. The zero-order valence-electron chi connectivity index (χ0n) is 44.1. The van der Waals surface area contributed by atoms with Crippen molar-refractivity contribution in [3.8, 4) is 0 Å². The summed E-state index contributed by atoms with van der Waals surface area (Å²) >= 11 is 0. The van der Waals surface area contributed by atoms with Gasteiger partial charge in [0.15, 0.2) is 8.07 Å².